The predicted octanol–water partition coefficient (Wildman–Crippen LogP) is 2.21. The van der Waals surface area contributed by atoms with Crippen LogP contribution in [0.4, 0.5) is 8.78 Å². The Kier molecular flexibility index (Phi) is 5.46. The largest absolute Gasteiger partial charge is 0.336 e. The van der Waals surface area contributed by atoms with E-state index in [0.29, 0.717) is 19.1 Å². The molecule has 132 valence electrons. The van der Waals surface area contributed by atoms with E-state index in [-0.39, 0.29) is 5.56 Å². The summed E-state index contributed by atoms with van der Waals surface area (Å²) in [6.07, 6.45) is 3.78. The van der Waals surface area contributed by atoms with Gasteiger partial charge in [0.25, 0.3) is 5.91 Å². The van der Waals surface area contributed by atoms with Crippen LogP contribution in [0.1, 0.15) is 29.6 Å². The number of carbonyl (C=O) groups is 1. The van der Waals surface area contributed by atoms with Gasteiger partial charge in [0.15, 0.2) is 0 Å². The number of amides is 1. The number of piperidine rings is 1. The van der Waals surface area contributed by atoms with Crippen LogP contribution >= 0.6 is 0 Å². The summed E-state index contributed by atoms with van der Waals surface area (Å²) in [6, 6.07) is 3.62. The number of hydrogen-bond acceptors (Lipinski definition) is 3. The average Bonchev–Trinajstić information content (AvgIpc) is 2.59. The van der Waals surface area contributed by atoms with Crippen LogP contribution in [0.5, 0.6) is 0 Å². The maximum atomic E-state index is 13.8. The molecule has 4 nitrogen and oxygen atoms in total. The third-order valence-corrected chi connectivity index (χ3v) is 5.21. The maximum absolute atomic E-state index is 13.8. The highest BCUT2D eigenvalue weighted by Gasteiger charge is 2.27. The summed E-state index contributed by atoms with van der Waals surface area (Å²) in [4.78, 5) is 18.8. The number of rotatable bonds is 3. The molecule has 2 aliphatic rings. The van der Waals surface area contributed by atoms with Gasteiger partial charge in [-0.15, -0.1) is 0 Å². The van der Waals surface area contributed by atoms with Crippen LogP contribution in [-0.2, 0) is 0 Å². The van der Waals surface area contributed by atoms with Crippen LogP contribution in [0.2, 0.25) is 0 Å². The molecule has 0 aliphatic carbocycles. The van der Waals surface area contributed by atoms with Crippen molar-refractivity contribution < 1.29 is 13.6 Å². The lowest BCUT2D eigenvalue weighted by atomic mass is 10.0. The zero-order chi connectivity index (χ0) is 17.1. The van der Waals surface area contributed by atoms with E-state index in [2.05, 4.69) is 16.8 Å². The second-order valence-corrected chi connectivity index (χ2v) is 6.85. The first-order valence-electron chi connectivity index (χ1n) is 8.71. The zero-order valence-corrected chi connectivity index (χ0v) is 14.2. The first kappa shape index (κ1) is 17.3. The molecule has 1 aromatic carbocycles. The van der Waals surface area contributed by atoms with Crippen LogP contribution in [0.15, 0.2) is 18.2 Å². The highest BCUT2D eigenvalue weighted by Crippen LogP contribution is 2.18. The Morgan fingerprint density at radius 3 is 2.58 bits per heavy atom. The molecule has 2 aliphatic heterocycles. The van der Waals surface area contributed by atoms with Crippen molar-refractivity contribution in [3.8, 4) is 0 Å². The highest BCUT2D eigenvalue weighted by atomic mass is 19.1. The van der Waals surface area contributed by atoms with Crippen molar-refractivity contribution in [2.75, 3.05) is 46.3 Å². The third kappa shape index (κ3) is 3.92. The molecule has 24 heavy (non-hydrogen) atoms. The molecule has 1 unspecified atom stereocenters. The highest BCUT2D eigenvalue weighted by molar-refractivity contribution is 5.94. The van der Waals surface area contributed by atoms with Gasteiger partial charge in [-0.1, -0.05) is 6.42 Å². The van der Waals surface area contributed by atoms with Crippen molar-refractivity contribution in [1.82, 2.24) is 14.7 Å². The Balaban J connectivity index is 1.54. The Hall–Kier alpha value is -1.53. The molecule has 3 rings (SSSR count). The third-order valence-electron chi connectivity index (χ3n) is 5.21. The first-order valence-corrected chi connectivity index (χ1v) is 8.71. The van der Waals surface area contributed by atoms with E-state index >= 15 is 0 Å². The number of nitrogens with zero attached hydrogens (tertiary/aromatic N) is 3. The van der Waals surface area contributed by atoms with Crippen molar-refractivity contribution in [1.29, 1.82) is 0 Å². The van der Waals surface area contributed by atoms with Crippen molar-refractivity contribution in [2.45, 2.75) is 25.3 Å². The minimum atomic E-state index is -0.660. The van der Waals surface area contributed by atoms with Crippen LogP contribution in [0.25, 0.3) is 0 Å². The topological polar surface area (TPSA) is 26.8 Å². The molecule has 1 aromatic rings. The quantitative estimate of drug-likeness (QED) is 0.846. The molecule has 0 saturated carbocycles. The monoisotopic (exact) mass is 337 g/mol. The van der Waals surface area contributed by atoms with Gasteiger partial charge >= 0.3 is 0 Å². The van der Waals surface area contributed by atoms with E-state index in [1.54, 1.807) is 4.90 Å². The van der Waals surface area contributed by atoms with E-state index in [9.17, 15) is 13.6 Å². The van der Waals surface area contributed by atoms with Crippen molar-refractivity contribution >= 4 is 5.91 Å². The summed E-state index contributed by atoms with van der Waals surface area (Å²) in [7, 11) is 2.18. The summed E-state index contributed by atoms with van der Waals surface area (Å²) in [5.74, 6) is -1.66. The Morgan fingerprint density at radius 2 is 1.88 bits per heavy atom. The molecule has 0 radical (unpaired) electrons. The molecule has 0 aromatic heterocycles. The van der Waals surface area contributed by atoms with Gasteiger partial charge in [0.2, 0.25) is 0 Å². The van der Waals surface area contributed by atoms with E-state index in [4.69, 9.17) is 0 Å². The molecule has 1 atom stereocenters. The number of hydrogen-bond donors (Lipinski definition) is 0. The maximum Gasteiger partial charge on any atom is 0.257 e. The van der Waals surface area contributed by atoms with Gasteiger partial charge in [-0.25, -0.2) is 8.78 Å². The lowest BCUT2D eigenvalue weighted by molar-refractivity contribution is 0.0560. The van der Waals surface area contributed by atoms with Crippen molar-refractivity contribution in [2.24, 2.45) is 0 Å². The van der Waals surface area contributed by atoms with Crippen LogP contribution in [-0.4, -0.2) is 73.0 Å². The molecule has 2 saturated heterocycles. The van der Waals surface area contributed by atoms with E-state index in [1.807, 2.05) is 0 Å². The number of carbonyl (C=O) groups excluding carboxylic acids is 1. The molecule has 0 N–H and O–H groups in total. The molecule has 2 fully saturated rings. The van der Waals surface area contributed by atoms with Gasteiger partial charge in [0, 0.05) is 38.8 Å². The molecule has 1 amide bonds. The number of halogens is 2. The van der Waals surface area contributed by atoms with Gasteiger partial charge < -0.3 is 9.80 Å². The van der Waals surface area contributed by atoms with E-state index < -0.39 is 17.5 Å². The zero-order valence-electron chi connectivity index (χ0n) is 14.2. The van der Waals surface area contributed by atoms with Crippen molar-refractivity contribution in [3.05, 3.63) is 35.4 Å². The summed E-state index contributed by atoms with van der Waals surface area (Å²) >= 11 is 0. The van der Waals surface area contributed by atoms with Crippen LogP contribution in [0.3, 0.4) is 0 Å². The fourth-order valence-electron chi connectivity index (χ4n) is 3.64. The van der Waals surface area contributed by atoms with Crippen molar-refractivity contribution in [3.63, 3.8) is 0 Å². The average molecular weight is 337 g/mol. The Morgan fingerprint density at radius 1 is 1.12 bits per heavy atom. The standard InChI is InChI=1S/C18H25F2N3O/c1-21-7-3-2-4-15(21)13-22-8-10-23(11-9-22)18(24)16-12-14(19)5-6-17(16)20/h5-6,12,15H,2-4,7-11,13H2,1H3. The Labute approximate surface area is 142 Å². The van der Waals surface area contributed by atoms with Crippen LogP contribution < -0.4 is 0 Å². The number of benzene rings is 1. The lowest BCUT2D eigenvalue weighted by Gasteiger charge is -2.40. The fraction of sp³-hybridized carbons (Fsp3) is 0.611. The van der Waals surface area contributed by atoms with Gasteiger partial charge in [-0.2, -0.15) is 0 Å². The van der Waals surface area contributed by atoms with Gasteiger partial charge in [0.05, 0.1) is 5.56 Å². The Bertz CT molecular complexity index is 588. The number of likely N-dealkylation sites (tertiary alicyclic amines) is 1. The van der Waals surface area contributed by atoms with E-state index in [1.165, 1.54) is 19.3 Å². The van der Waals surface area contributed by atoms with Gasteiger partial charge in [-0.3, -0.25) is 9.69 Å². The molecule has 0 bridgehead atoms. The van der Waals surface area contributed by atoms with Gasteiger partial charge in [0.1, 0.15) is 11.6 Å². The number of piperazine rings is 1. The summed E-state index contributed by atoms with van der Waals surface area (Å²) in [6.45, 7) is 4.87. The molecule has 6 heteroatoms. The van der Waals surface area contributed by atoms with E-state index in [0.717, 1.165) is 44.4 Å². The molecular formula is C18H25F2N3O. The summed E-state index contributed by atoms with van der Waals surface area (Å²) < 4.78 is 27.1. The second-order valence-electron chi connectivity index (χ2n) is 6.85. The minimum Gasteiger partial charge on any atom is -0.336 e. The predicted molar refractivity (Wildman–Crippen MR) is 89.0 cm³/mol. The molecule has 2 heterocycles. The minimum absolute atomic E-state index is 0.171. The fourth-order valence-corrected chi connectivity index (χ4v) is 3.64. The lowest BCUT2D eigenvalue weighted by Crippen LogP contribution is -2.53. The first-order chi connectivity index (χ1) is 11.5. The number of likely N-dealkylation sites (N-methyl/N-ethyl adjacent to an activating group) is 1. The SMILES string of the molecule is CN1CCCCC1CN1CCN(C(=O)c2cc(F)ccc2F)CC1. The summed E-state index contributed by atoms with van der Waals surface area (Å²) in [5, 5.41) is 0. The van der Waals surface area contributed by atoms with Crippen LogP contribution in [0, 0.1) is 11.6 Å². The van der Waals surface area contributed by atoms with Gasteiger partial charge in [-0.05, 0) is 44.6 Å². The smallest absolute Gasteiger partial charge is 0.257 e. The second kappa shape index (κ2) is 7.57. The normalized spacial score (nSPS) is 23.5. The molecule has 0 spiro atoms. The molecular weight excluding hydrogens is 312 g/mol. The summed E-state index contributed by atoms with van der Waals surface area (Å²) in [5.41, 5.74) is -0.171.